The fraction of sp³-hybridized carbons (Fsp3) is 0.222. The molecule has 5 rings (SSSR count). The Labute approximate surface area is 261 Å². The molecular formula is C36H36IrNO2S-. The van der Waals surface area contributed by atoms with Gasteiger partial charge in [0.05, 0.1) is 5.76 Å². The van der Waals surface area contributed by atoms with Crippen molar-refractivity contribution in [1.82, 2.24) is 4.98 Å². The number of carbonyl (C=O) groups excluding carboxylic acids is 1. The van der Waals surface area contributed by atoms with Crippen molar-refractivity contribution >= 4 is 27.2 Å². The molecule has 0 unspecified atom stereocenters. The number of hydrogen-bond donors (Lipinski definition) is 1. The van der Waals surface area contributed by atoms with Crippen molar-refractivity contribution in [2.75, 3.05) is 0 Å². The maximum atomic E-state index is 10.0. The quantitative estimate of drug-likeness (QED) is 0.107. The molecule has 0 saturated carbocycles. The molecule has 41 heavy (non-hydrogen) atoms. The first kappa shape index (κ1) is 32.1. The first-order valence-electron chi connectivity index (χ1n) is 13.6. The Morgan fingerprint density at radius 1 is 0.878 bits per heavy atom. The van der Waals surface area contributed by atoms with Gasteiger partial charge in [-0.15, -0.1) is 46.7 Å². The summed E-state index contributed by atoms with van der Waals surface area (Å²) in [5, 5.41) is 9.56. The van der Waals surface area contributed by atoms with Crippen LogP contribution >= 0.6 is 11.3 Å². The zero-order valence-electron chi connectivity index (χ0n) is 24.4. The minimum absolute atomic E-state index is 0. The Hall–Kier alpha value is -3.37. The van der Waals surface area contributed by atoms with E-state index in [0.29, 0.717) is 11.8 Å². The number of ketones is 1. The summed E-state index contributed by atoms with van der Waals surface area (Å²) < 4.78 is 1.27. The van der Waals surface area contributed by atoms with Crippen LogP contribution in [0.5, 0.6) is 0 Å². The van der Waals surface area contributed by atoms with Crippen LogP contribution in [0.15, 0.2) is 96.9 Å². The fourth-order valence-corrected chi connectivity index (χ4v) is 5.92. The largest absolute Gasteiger partial charge is 0.512 e. The van der Waals surface area contributed by atoms with E-state index in [1.807, 2.05) is 29.7 Å². The summed E-state index contributed by atoms with van der Waals surface area (Å²) in [5.41, 5.74) is 8.63. The Bertz CT molecular complexity index is 1620. The molecule has 0 saturated heterocycles. The normalized spacial score (nSPS) is 11.3. The van der Waals surface area contributed by atoms with Crippen LogP contribution in [0.1, 0.15) is 64.5 Å². The molecule has 3 aromatic carbocycles. The van der Waals surface area contributed by atoms with Gasteiger partial charge in [-0.1, -0.05) is 82.3 Å². The van der Waals surface area contributed by atoms with Gasteiger partial charge in [-0.3, -0.25) is 4.79 Å². The first-order valence-corrected chi connectivity index (χ1v) is 14.4. The van der Waals surface area contributed by atoms with Crippen LogP contribution < -0.4 is 0 Å². The van der Waals surface area contributed by atoms with Gasteiger partial charge >= 0.3 is 0 Å². The van der Waals surface area contributed by atoms with E-state index in [4.69, 9.17) is 10.1 Å². The molecule has 213 valence electrons. The summed E-state index contributed by atoms with van der Waals surface area (Å²) in [6.45, 7) is 12.0. The summed E-state index contributed by atoms with van der Waals surface area (Å²) in [6.07, 6.45) is 3.18. The van der Waals surface area contributed by atoms with Crippen molar-refractivity contribution < 1.29 is 30.0 Å². The number of nitrogens with zero attached hydrogens (tertiary/aromatic N) is 1. The number of hydrogen-bond acceptors (Lipinski definition) is 4. The number of aromatic nitrogens is 1. The van der Waals surface area contributed by atoms with Gasteiger partial charge in [0.15, 0.2) is 5.78 Å². The number of aliphatic hydroxyl groups excluding tert-OH is 1. The van der Waals surface area contributed by atoms with Crippen LogP contribution in [0, 0.1) is 6.07 Å². The van der Waals surface area contributed by atoms with Gasteiger partial charge in [0.1, 0.15) is 0 Å². The molecule has 1 N–H and O–H groups in total. The molecule has 2 aromatic heterocycles. The van der Waals surface area contributed by atoms with Crippen LogP contribution in [0.25, 0.3) is 42.9 Å². The molecule has 0 aliphatic heterocycles. The van der Waals surface area contributed by atoms with Crippen LogP contribution in [0.4, 0.5) is 0 Å². The van der Waals surface area contributed by atoms with E-state index in [1.54, 1.807) is 0 Å². The van der Waals surface area contributed by atoms with Crippen LogP contribution in [-0.2, 0) is 24.9 Å². The van der Waals surface area contributed by atoms with Crippen molar-refractivity contribution in [2.45, 2.75) is 53.4 Å². The molecule has 0 amide bonds. The van der Waals surface area contributed by atoms with Crippen LogP contribution in [-0.4, -0.2) is 15.9 Å². The number of benzene rings is 3. The molecule has 0 aliphatic rings. The molecule has 5 heteroatoms. The number of aliphatic hydroxyl groups is 1. The van der Waals surface area contributed by atoms with Crippen molar-refractivity contribution in [1.29, 1.82) is 0 Å². The van der Waals surface area contributed by atoms with E-state index in [9.17, 15) is 4.79 Å². The number of fused-ring (bicyclic) bond motifs is 1. The fourth-order valence-electron chi connectivity index (χ4n) is 4.76. The average molecular weight is 739 g/mol. The standard InChI is InChI=1S/C31H28NS.C5H8O2.Ir/c1-20(2)26-14-9-15-27(21(3)4)31(26)30-17-25-19-32-28(18-29(25)33-30)24-13-8-12-23(16-24)22-10-6-5-7-11-22;1-4(6)3-5(2)7;/h5-12,14-21H,1-4H3;3,6H,1-2H3;/q-1;;/b;4-3-;. The Morgan fingerprint density at radius 2 is 1.54 bits per heavy atom. The van der Waals surface area contributed by atoms with Gasteiger partial charge < -0.3 is 10.1 Å². The third-order valence-corrected chi connectivity index (χ3v) is 7.73. The van der Waals surface area contributed by atoms with E-state index in [1.165, 1.54) is 62.7 Å². The Kier molecular flexibility index (Phi) is 11.4. The monoisotopic (exact) mass is 739 g/mol. The van der Waals surface area contributed by atoms with Gasteiger partial charge in [-0.25, -0.2) is 0 Å². The van der Waals surface area contributed by atoms with Gasteiger partial charge in [0.2, 0.25) is 0 Å². The molecule has 3 nitrogen and oxygen atoms in total. The Balaban J connectivity index is 0.000000516. The molecule has 2 heterocycles. The number of rotatable bonds is 6. The number of thiophene rings is 1. The maximum Gasteiger partial charge on any atom is 0.155 e. The van der Waals surface area contributed by atoms with E-state index < -0.39 is 0 Å². The predicted molar refractivity (Wildman–Crippen MR) is 170 cm³/mol. The summed E-state index contributed by atoms with van der Waals surface area (Å²) in [5.74, 6) is 0.897. The average Bonchev–Trinajstić information content (AvgIpc) is 3.36. The maximum absolute atomic E-state index is 10.0. The van der Waals surface area contributed by atoms with Gasteiger partial charge in [-0.2, -0.15) is 0 Å². The predicted octanol–water partition coefficient (Wildman–Crippen LogP) is 10.4. The second-order valence-corrected chi connectivity index (χ2v) is 11.7. The third-order valence-electron chi connectivity index (χ3n) is 6.62. The minimum atomic E-state index is -0.125. The molecule has 0 spiro atoms. The van der Waals surface area contributed by atoms with Gasteiger partial charge in [0.25, 0.3) is 0 Å². The molecule has 0 fully saturated rings. The van der Waals surface area contributed by atoms with E-state index >= 15 is 0 Å². The van der Waals surface area contributed by atoms with Gasteiger partial charge in [0, 0.05) is 47.3 Å². The second kappa shape index (κ2) is 14.5. The third kappa shape index (κ3) is 8.10. The van der Waals surface area contributed by atoms with Crippen LogP contribution in [0.2, 0.25) is 0 Å². The van der Waals surface area contributed by atoms with Crippen molar-refractivity contribution in [3.05, 3.63) is 114 Å². The summed E-state index contributed by atoms with van der Waals surface area (Å²) in [6, 6.07) is 31.4. The molecule has 5 aromatic rings. The summed E-state index contributed by atoms with van der Waals surface area (Å²) in [7, 11) is 0. The number of allylic oxidation sites excluding steroid dienone is 2. The zero-order chi connectivity index (χ0) is 28.8. The SMILES string of the molecule is CC(=O)/C=C(/C)O.CC(C)c1cccc(C(C)C)c1-c1cc2cnc(-c3[c-]ccc(-c4ccccc4)c3)cc2s1.[Ir]. The van der Waals surface area contributed by atoms with Crippen molar-refractivity contribution in [2.24, 2.45) is 0 Å². The number of pyridine rings is 1. The zero-order valence-corrected chi connectivity index (χ0v) is 27.6. The summed E-state index contributed by atoms with van der Waals surface area (Å²) in [4.78, 5) is 16.2. The van der Waals surface area contributed by atoms with E-state index in [2.05, 4.69) is 100 Å². The summed E-state index contributed by atoms with van der Waals surface area (Å²) >= 11 is 1.87. The topological polar surface area (TPSA) is 50.2 Å². The van der Waals surface area contributed by atoms with Crippen molar-refractivity contribution in [3.63, 3.8) is 0 Å². The van der Waals surface area contributed by atoms with E-state index in [0.717, 1.165) is 11.3 Å². The van der Waals surface area contributed by atoms with Crippen LogP contribution in [0.3, 0.4) is 0 Å². The second-order valence-electron chi connectivity index (χ2n) is 10.6. The van der Waals surface area contributed by atoms with Gasteiger partial charge in [-0.05, 0) is 59.7 Å². The molecule has 1 radical (unpaired) electrons. The van der Waals surface area contributed by atoms with E-state index in [-0.39, 0.29) is 31.6 Å². The van der Waals surface area contributed by atoms with Crippen molar-refractivity contribution in [3.8, 4) is 32.8 Å². The molecular weight excluding hydrogens is 703 g/mol. The minimum Gasteiger partial charge on any atom is -0.512 e. The molecule has 0 bridgehead atoms. The molecule has 0 atom stereocenters. The molecule has 0 aliphatic carbocycles. The number of carbonyl (C=O) groups is 1. The smallest absolute Gasteiger partial charge is 0.155 e. The Morgan fingerprint density at radius 3 is 2.10 bits per heavy atom. The first-order chi connectivity index (χ1) is 19.1.